The highest BCUT2D eigenvalue weighted by molar-refractivity contribution is 7.98. The Labute approximate surface area is 158 Å². The fourth-order valence-corrected chi connectivity index (χ4v) is 2.91. The lowest BCUT2D eigenvalue weighted by molar-refractivity contribution is -0.307. The number of aliphatic carboxylic acids is 1. The van der Waals surface area contributed by atoms with E-state index in [1.54, 1.807) is 42.5 Å². The van der Waals surface area contributed by atoms with Gasteiger partial charge < -0.3 is 20.0 Å². The number of hydrogen-bond donors (Lipinski definition) is 1. The number of carbonyl (C=O) groups excluding carboxylic acids is 1. The van der Waals surface area contributed by atoms with Gasteiger partial charge in [-0.3, -0.25) is 0 Å². The van der Waals surface area contributed by atoms with Gasteiger partial charge >= 0.3 is 0 Å². The van der Waals surface area contributed by atoms with Crippen LogP contribution in [-0.2, 0) is 4.79 Å². The van der Waals surface area contributed by atoms with Crippen molar-refractivity contribution >= 4 is 23.4 Å². The minimum Gasteiger partial charge on any atom is -0.548 e. The predicted octanol–water partition coefficient (Wildman–Crippen LogP) is 3.22. The molecule has 0 aromatic heterocycles. The van der Waals surface area contributed by atoms with Crippen molar-refractivity contribution in [3.8, 4) is 11.8 Å². The molecule has 0 aliphatic heterocycles. The molecule has 0 saturated carbocycles. The first-order valence-electron chi connectivity index (χ1n) is 8.23. The molecule has 6 heteroatoms. The van der Waals surface area contributed by atoms with Crippen molar-refractivity contribution in [2.75, 3.05) is 18.2 Å². The van der Waals surface area contributed by atoms with Crippen molar-refractivity contribution in [3.05, 3.63) is 53.6 Å². The molecule has 0 fully saturated rings. The quantitative estimate of drug-likeness (QED) is 0.719. The number of thioether (sulfide) groups is 1. The van der Waals surface area contributed by atoms with Gasteiger partial charge in [-0.1, -0.05) is 19.9 Å². The molecule has 0 saturated heterocycles. The van der Waals surface area contributed by atoms with Crippen LogP contribution >= 0.6 is 11.8 Å². The van der Waals surface area contributed by atoms with E-state index in [4.69, 9.17) is 10.00 Å². The molecule has 1 atom stereocenters. The Hall–Kier alpha value is -2.65. The number of nitrogens with zero attached hydrogens (tertiary/aromatic N) is 1. The number of hydrogen-bond acceptors (Lipinski definition) is 6. The summed E-state index contributed by atoms with van der Waals surface area (Å²) in [7, 11) is 0. The first kappa shape index (κ1) is 19.7. The summed E-state index contributed by atoms with van der Waals surface area (Å²) in [6, 6.07) is 12.9. The van der Waals surface area contributed by atoms with Crippen LogP contribution in [0.25, 0.3) is 0 Å². The van der Waals surface area contributed by atoms with Gasteiger partial charge in [0.2, 0.25) is 0 Å². The second kappa shape index (κ2) is 9.16. The summed E-state index contributed by atoms with van der Waals surface area (Å²) in [5, 5.41) is 23.5. The smallest absolute Gasteiger partial charge is 0.132 e. The van der Waals surface area contributed by atoms with Crippen LogP contribution in [0.1, 0.15) is 31.0 Å². The molecule has 1 N–H and O–H groups in total. The molecule has 136 valence electrons. The van der Waals surface area contributed by atoms with Crippen LogP contribution in [0.5, 0.6) is 5.75 Å². The zero-order valence-corrected chi connectivity index (χ0v) is 15.8. The van der Waals surface area contributed by atoms with Gasteiger partial charge in [0.1, 0.15) is 5.75 Å². The lowest BCUT2D eigenvalue weighted by atomic mass is 10.1. The van der Waals surface area contributed by atoms with E-state index in [-0.39, 0.29) is 0 Å². The lowest BCUT2D eigenvalue weighted by Gasteiger charge is -2.23. The van der Waals surface area contributed by atoms with Crippen molar-refractivity contribution in [2.45, 2.75) is 24.8 Å². The van der Waals surface area contributed by atoms with Crippen LogP contribution in [-0.4, -0.2) is 18.8 Å². The fraction of sp³-hybridized carbons (Fsp3) is 0.300. The highest BCUT2D eigenvalue weighted by Gasteiger charge is 2.15. The third kappa shape index (κ3) is 5.17. The van der Waals surface area contributed by atoms with Gasteiger partial charge in [0, 0.05) is 10.6 Å². The van der Waals surface area contributed by atoms with Crippen LogP contribution in [0, 0.1) is 17.2 Å². The lowest BCUT2D eigenvalue weighted by Crippen LogP contribution is -2.34. The van der Waals surface area contributed by atoms with Crippen LogP contribution in [0.2, 0.25) is 0 Å². The van der Waals surface area contributed by atoms with E-state index < -0.39 is 12.0 Å². The molecule has 0 spiro atoms. The van der Waals surface area contributed by atoms with E-state index in [9.17, 15) is 9.90 Å². The summed E-state index contributed by atoms with van der Waals surface area (Å²) in [6.45, 7) is 4.74. The Balaban J connectivity index is 2.25. The summed E-state index contributed by atoms with van der Waals surface area (Å²) in [6.07, 6.45) is 1.92. The average Bonchev–Trinajstić information content (AvgIpc) is 2.64. The van der Waals surface area contributed by atoms with Crippen LogP contribution in [0.15, 0.2) is 47.4 Å². The highest BCUT2D eigenvalue weighted by Crippen LogP contribution is 2.32. The topological polar surface area (TPSA) is 85.2 Å². The van der Waals surface area contributed by atoms with Gasteiger partial charge in [0.15, 0.2) is 0 Å². The van der Waals surface area contributed by atoms with Gasteiger partial charge in [-0.05, 0) is 54.1 Å². The number of carboxylic acids is 1. The summed E-state index contributed by atoms with van der Waals surface area (Å²) in [5.74, 6) is -0.0823. The summed E-state index contributed by atoms with van der Waals surface area (Å²) in [4.78, 5) is 12.5. The van der Waals surface area contributed by atoms with Gasteiger partial charge in [-0.15, -0.1) is 11.8 Å². The maximum Gasteiger partial charge on any atom is 0.132 e. The van der Waals surface area contributed by atoms with Crippen molar-refractivity contribution in [1.82, 2.24) is 0 Å². The van der Waals surface area contributed by atoms with E-state index in [2.05, 4.69) is 19.2 Å². The van der Waals surface area contributed by atoms with Gasteiger partial charge in [0.25, 0.3) is 0 Å². The maximum atomic E-state index is 11.7. The molecule has 0 aliphatic rings. The molecular weight excluding hydrogens is 348 g/mol. The average molecular weight is 369 g/mol. The first-order valence-corrected chi connectivity index (χ1v) is 9.45. The molecule has 0 amide bonds. The van der Waals surface area contributed by atoms with Gasteiger partial charge in [0.05, 0.1) is 30.3 Å². The summed E-state index contributed by atoms with van der Waals surface area (Å²) in [5.41, 5.74) is 1.69. The number of carboxylic acid groups (broad SMARTS) is 1. The Morgan fingerprint density at radius 3 is 2.50 bits per heavy atom. The van der Waals surface area contributed by atoms with E-state index in [1.807, 2.05) is 12.3 Å². The largest absolute Gasteiger partial charge is 0.548 e. The molecule has 1 unspecified atom stereocenters. The number of benzene rings is 2. The van der Waals surface area contributed by atoms with Crippen molar-refractivity contribution in [2.24, 2.45) is 5.92 Å². The van der Waals surface area contributed by atoms with Gasteiger partial charge in [-0.25, -0.2) is 0 Å². The summed E-state index contributed by atoms with van der Waals surface area (Å²) < 4.78 is 5.79. The molecule has 5 nitrogen and oxygen atoms in total. The highest BCUT2D eigenvalue weighted by atomic mass is 32.2. The molecule has 0 bridgehead atoms. The SMILES string of the molecule is CSc1cc(C(Nc2ccc(C#N)cc2)C(=O)[O-])ccc1OCC(C)C. The zero-order chi connectivity index (χ0) is 19.1. The molecule has 0 heterocycles. The monoisotopic (exact) mass is 369 g/mol. The minimum absolute atomic E-state index is 0.401. The van der Waals surface area contributed by atoms with Crippen LogP contribution in [0.4, 0.5) is 5.69 Å². The second-order valence-electron chi connectivity index (χ2n) is 6.20. The van der Waals surface area contributed by atoms with Crippen molar-refractivity contribution < 1.29 is 14.6 Å². The Kier molecular flexibility index (Phi) is 6.93. The number of nitrogens with one attached hydrogen (secondary N) is 1. The molecule has 2 aromatic rings. The molecule has 2 rings (SSSR count). The van der Waals surface area contributed by atoms with Crippen molar-refractivity contribution in [3.63, 3.8) is 0 Å². The summed E-state index contributed by atoms with van der Waals surface area (Å²) >= 11 is 1.50. The third-order valence-corrected chi connectivity index (χ3v) is 4.41. The van der Waals surface area contributed by atoms with Crippen LogP contribution < -0.4 is 15.2 Å². The fourth-order valence-electron chi connectivity index (χ4n) is 2.33. The second-order valence-corrected chi connectivity index (χ2v) is 7.05. The minimum atomic E-state index is -1.22. The molecule has 2 aromatic carbocycles. The molecule has 26 heavy (non-hydrogen) atoms. The number of ether oxygens (including phenoxy) is 1. The number of nitriles is 1. The van der Waals surface area contributed by atoms with E-state index in [0.29, 0.717) is 29.3 Å². The van der Waals surface area contributed by atoms with E-state index in [1.165, 1.54) is 11.8 Å². The Morgan fingerprint density at radius 2 is 1.96 bits per heavy atom. The number of anilines is 1. The van der Waals surface area contributed by atoms with Crippen molar-refractivity contribution in [1.29, 1.82) is 5.26 Å². The molecule has 0 aliphatic carbocycles. The standard InChI is InChI=1S/C20H22N2O3S/c1-13(2)12-25-17-9-6-15(10-18(17)26-3)19(20(23)24)22-16-7-4-14(11-21)5-8-16/h4-10,13,19,22H,12H2,1-3H3,(H,23,24)/p-1. The first-order chi connectivity index (χ1) is 12.4. The van der Waals surface area contributed by atoms with Gasteiger partial charge in [-0.2, -0.15) is 5.26 Å². The van der Waals surface area contributed by atoms with E-state index in [0.717, 1.165) is 10.6 Å². The van der Waals surface area contributed by atoms with Crippen LogP contribution in [0.3, 0.4) is 0 Å². The predicted molar refractivity (Wildman–Crippen MR) is 101 cm³/mol. The Bertz CT molecular complexity index is 798. The third-order valence-electron chi connectivity index (χ3n) is 3.65. The number of carbonyl (C=O) groups is 1. The normalized spacial score (nSPS) is 11.7. The van der Waals surface area contributed by atoms with E-state index >= 15 is 0 Å². The Morgan fingerprint density at radius 1 is 1.27 bits per heavy atom. The maximum absolute atomic E-state index is 11.7. The zero-order valence-electron chi connectivity index (χ0n) is 15.0. The molecule has 0 radical (unpaired) electrons. The molecular formula is C20H21N2O3S-. The number of rotatable bonds is 8.